The molecule has 29 heavy (non-hydrogen) atoms. The number of hydrogen-bond acceptors (Lipinski definition) is 5. The summed E-state index contributed by atoms with van der Waals surface area (Å²) in [4.78, 5) is 4.58. The fourth-order valence-electron chi connectivity index (χ4n) is 3.80. The maximum absolute atomic E-state index is 13.5. The standard InChI is InChI=1S/C19H10F3N5O2/c20-19(21,22)18-11(6-24-27-18)17-9-4-15-14(28-7-29-15)3-8(9)16-10-5-23-26-12(10)1-2-13(16)25-17/h1-6H,7H2,(H,23,26)(H,24,27). The Morgan fingerprint density at radius 1 is 1.00 bits per heavy atom. The van der Waals surface area contributed by atoms with E-state index in [1.165, 1.54) is 6.20 Å². The number of ether oxygens (including phenoxy) is 2. The van der Waals surface area contributed by atoms with Crippen molar-refractivity contribution < 1.29 is 22.6 Å². The highest BCUT2D eigenvalue weighted by Gasteiger charge is 2.37. The van der Waals surface area contributed by atoms with Crippen LogP contribution in [0.3, 0.4) is 0 Å². The summed E-state index contributed by atoms with van der Waals surface area (Å²) in [5.41, 5.74) is 0.345. The van der Waals surface area contributed by atoms with E-state index < -0.39 is 11.9 Å². The quantitative estimate of drug-likeness (QED) is 0.409. The van der Waals surface area contributed by atoms with Gasteiger partial charge in [-0.25, -0.2) is 4.98 Å². The fourth-order valence-corrected chi connectivity index (χ4v) is 3.80. The topological polar surface area (TPSA) is 88.7 Å². The Morgan fingerprint density at radius 3 is 2.59 bits per heavy atom. The third kappa shape index (κ3) is 2.22. The van der Waals surface area contributed by atoms with Crippen molar-refractivity contribution in [2.24, 2.45) is 0 Å². The Kier molecular flexibility index (Phi) is 2.99. The van der Waals surface area contributed by atoms with Gasteiger partial charge in [-0.2, -0.15) is 23.4 Å². The van der Waals surface area contributed by atoms with Gasteiger partial charge in [-0.15, -0.1) is 0 Å². The Morgan fingerprint density at radius 2 is 1.79 bits per heavy atom. The van der Waals surface area contributed by atoms with Gasteiger partial charge in [-0.3, -0.25) is 10.2 Å². The molecule has 1 aliphatic rings. The normalized spacial score (nSPS) is 13.8. The molecule has 144 valence electrons. The molecule has 5 aromatic rings. The average molecular weight is 397 g/mol. The molecule has 0 amide bonds. The molecule has 4 heterocycles. The summed E-state index contributed by atoms with van der Waals surface area (Å²) in [5, 5.41) is 15.5. The summed E-state index contributed by atoms with van der Waals surface area (Å²) in [5.74, 6) is 0.982. The molecular weight excluding hydrogens is 387 g/mol. The summed E-state index contributed by atoms with van der Waals surface area (Å²) in [7, 11) is 0. The van der Waals surface area contributed by atoms with Crippen LogP contribution in [0.1, 0.15) is 5.69 Å². The zero-order valence-corrected chi connectivity index (χ0v) is 14.5. The zero-order valence-electron chi connectivity index (χ0n) is 14.5. The van der Waals surface area contributed by atoms with Gasteiger partial charge >= 0.3 is 6.18 Å². The molecule has 0 atom stereocenters. The van der Waals surface area contributed by atoms with E-state index in [-0.39, 0.29) is 18.1 Å². The first-order valence-electron chi connectivity index (χ1n) is 8.61. The van der Waals surface area contributed by atoms with E-state index in [1.54, 1.807) is 30.5 Å². The molecule has 2 aromatic carbocycles. The van der Waals surface area contributed by atoms with E-state index in [0.717, 1.165) is 16.3 Å². The third-order valence-electron chi connectivity index (χ3n) is 5.04. The highest BCUT2D eigenvalue weighted by molar-refractivity contribution is 6.21. The van der Waals surface area contributed by atoms with Gasteiger partial charge in [0.25, 0.3) is 0 Å². The maximum Gasteiger partial charge on any atom is 0.435 e. The lowest BCUT2D eigenvalue weighted by molar-refractivity contribution is -0.140. The number of H-pyrrole nitrogens is 2. The molecule has 10 heteroatoms. The number of halogens is 3. The van der Waals surface area contributed by atoms with Crippen LogP contribution >= 0.6 is 0 Å². The minimum Gasteiger partial charge on any atom is -0.454 e. The van der Waals surface area contributed by atoms with Crippen molar-refractivity contribution in [1.29, 1.82) is 0 Å². The lowest BCUT2D eigenvalue weighted by Gasteiger charge is -2.12. The van der Waals surface area contributed by atoms with Gasteiger partial charge < -0.3 is 9.47 Å². The molecule has 0 bridgehead atoms. The van der Waals surface area contributed by atoms with Crippen LogP contribution in [0.4, 0.5) is 13.2 Å². The molecule has 2 N–H and O–H groups in total. The van der Waals surface area contributed by atoms with Crippen LogP contribution in [0.5, 0.6) is 11.5 Å². The number of nitrogens with one attached hydrogen (secondary N) is 2. The fraction of sp³-hybridized carbons (Fsp3) is 0.105. The molecule has 7 nitrogen and oxygen atoms in total. The van der Waals surface area contributed by atoms with E-state index in [2.05, 4.69) is 25.4 Å². The van der Waals surface area contributed by atoms with Gasteiger partial charge in [0, 0.05) is 22.4 Å². The summed E-state index contributed by atoms with van der Waals surface area (Å²) >= 11 is 0. The first-order valence-corrected chi connectivity index (χ1v) is 8.61. The van der Waals surface area contributed by atoms with E-state index in [4.69, 9.17) is 9.47 Å². The highest BCUT2D eigenvalue weighted by atomic mass is 19.4. The molecule has 0 fully saturated rings. The second kappa shape index (κ2) is 5.37. The van der Waals surface area contributed by atoms with Crippen molar-refractivity contribution in [2.45, 2.75) is 6.18 Å². The van der Waals surface area contributed by atoms with Crippen LogP contribution in [0.2, 0.25) is 0 Å². The van der Waals surface area contributed by atoms with Crippen molar-refractivity contribution in [3.8, 4) is 22.8 Å². The summed E-state index contributed by atoms with van der Waals surface area (Å²) < 4.78 is 51.4. The second-order valence-corrected chi connectivity index (χ2v) is 6.65. The van der Waals surface area contributed by atoms with Gasteiger partial charge in [0.05, 0.1) is 28.5 Å². The lowest BCUT2D eigenvalue weighted by Crippen LogP contribution is -2.07. The number of aromatic nitrogens is 5. The second-order valence-electron chi connectivity index (χ2n) is 6.65. The number of rotatable bonds is 1. The van der Waals surface area contributed by atoms with Gasteiger partial charge in [0.15, 0.2) is 17.2 Å². The largest absolute Gasteiger partial charge is 0.454 e. The number of hydrogen-bond donors (Lipinski definition) is 2. The Balaban J connectivity index is 1.80. The molecule has 1 aliphatic heterocycles. The maximum atomic E-state index is 13.5. The summed E-state index contributed by atoms with van der Waals surface area (Å²) in [6.45, 7) is 0.0486. The smallest absolute Gasteiger partial charge is 0.435 e. The SMILES string of the molecule is FC(F)(F)c1n[nH]cc1-c1nc2ccc3[nH]ncc3c2c2cc3c(cc12)OCO3. The molecule has 6 rings (SSSR count). The molecule has 0 unspecified atom stereocenters. The molecule has 3 aromatic heterocycles. The van der Waals surface area contributed by atoms with Gasteiger partial charge in [0.1, 0.15) is 0 Å². The lowest BCUT2D eigenvalue weighted by atomic mass is 9.98. The molecule has 0 saturated carbocycles. The van der Waals surface area contributed by atoms with E-state index in [0.29, 0.717) is 27.8 Å². The number of nitrogens with zero attached hydrogens (tertiary/aromatic N) is 3. The molecule has 0 spiro atoms. The monoisotopic (exact) mass is 397 g/mol. The highest BCUT2D eigenvalue weighted by Crippen LogP contribution is 2.44. The van der Waals surface area contributed by atoms with Crippen molar-refractivity contribution in [3.05, 3.63) is 42.4 Å². The minimum atomic E-state index is -4.62. The first-order chi connectivity index (χ1) is 14.0. The summed E-state index contributed by atoms with van der Waals surface area (Å²) in [6, 6.07) is 6.97. The predicted octanol–water partition coefficient (Wildman–Crippen LogP) is 4.40. The number of aromatic amines is 2. The van der Waals surface area contributed by atoms with Crippen molar-refractivity contribution >= 4 is 32.6 Å². The van der Waals surface area contributed by atoms with Gasteiger partial charge in [-0.1, -0.05) is 0 Å². The Hall–Kier alpha value is -3.82. The van der Waals surface area contributed by atoms with Crippen LogP contribution in [0, 0.1) is 0 Å². The number of pyridine rings is 1. The van der Waals surface area contributed by atoms with E-state index in [1.807, 2.05) is 0 Å². The number of benzene rings is 2. The van der Waals surface area contributed by atoms with E-state index in [9.17, 15) is 13.2 Å². The van der Waals surface area contributed by atoms with Crippen LogP contribution in [0.25, 0.3) is 43.8 Å². The van der Waals surface area contributed by atoms with Crippen molar-refractivity contribution in [2.75, 3.05) is 6.79 Å². The third-order valence-corrected chi connectivity index (χ3v) is 5.04. The van der Waals surface area contributed by atoms with Gasteiger partial charge in [-0.05, 0) is 29.7 Å². The Labute approximate surface area is 159 Å². The van der Waals surface area contributed by atoms with Crippen LogP contribution in [-0.2, 0) is 6.18 Å². The Bertz CT molecular complexity index is 1440. The zero-order chi connectivity index (χ0) is 19.8. The van der Waals surface area contributed by atoms with Crippen LogP contribution in [-0.4, -0.2) is 32.2 Å². The first kappa shape index (κ1) is 16.2. The van der Waals surface area contributed by atoms with Crippen LogP contribution < -0.4 is 9.47 Å². The molecule has 0 saturated heterocycles. The predicted molar refractivity (Wildman–Crippen MR) is 97.6 cm³/mol. The molecular formula is C19H10F3N5O2. The number of fused-ring (bicyclic) bond motifs is 6. The van der Waals surface area contributed by atoms with Gasteiger partial charge in [0.2, 0.25) is 6.79 Å². The molecule has 0 aliphatic carbocycles. The number of alkyl halides is 3. The van der Waals surface area contributed by atoms with Crippen LogP contribution in [0.15, 0.2) is 36.7 Å². The van der Waals surface area contributed by atoms with E-state index >= 15 is 0 Å². The summed E-state index contributed by atoms with van der Waals surface area (Å²) in [6.07, 6.45) is -1.75. The average Bonchev–Trinajstić information content (AvgIpc) is 3.44. The van der Waals surface area contributed by atoms with Crippen molar-refractivity contribution in [3.63, 3.8) is 0 Å². The van der Waals surface area contributed by atoms with Crippen molar-refractivity contribution in [1.82, 2.24) is 25.4 Å². The minimum absolute atomic E-state index is 0.0486. The molecule has 0 radical (unpaired) electrons.